The van der Waals surface area contributed by atoms with Crippen LogP contribution in [0.1, 0.15) is 52.9 Å². The second kappa shape index (κ2) is 12.2. The molecule has 2 aromatic carbocycles. The van der Waals surface area contributed by atoms with E-state index in [1.165, 1.54) is 13.3 Å². The number of fused-ring (bicyclic) bond motifs is 1. The van der Waals surface area contributed by atoms with Crippen LogP contribution in [0.5, 0.6) is 11.5 Å². The summed E-state index contributed by atoms with van der Waals surface area (Å²) in [5.41, 5.74) is 3.45. The summed E-state index contributed by atoms with van der Waals surface area (Å²) in [5.74, 6) is -1.35. The molecule has 42 heavy (non-hydrogen) atoms. The number of ether oxygens (including phenoxy) is 2. The molecule has 2 N–H and O–H groups in total. The minimum Gasteiger partial charge on any atom is -0.497 e. The Labute approximate surface area is 242 Å². The lowest BCUT2D eigenvalue weighted by atomic mass is 10.1. The zero-order chi connectivity index (χ0) is 30.0. The number of carbonyl (C=O) groups excluding carboxylic acids is 1. The van der Waals surface area contributed by atoms with Crippen LogP contribution in [-0.4, -0.2) is 79.1 Å². The van der Waals surface area contributed by atoms with E-state index in [4.69, 9.17) is 9.47 Å². The van der Waals surface area contributed by atoms with Crippen molar-refractivity contribution >= 4 is 34.2 Å². The smallest absolute Gasteiger partial charge is 0.341 e. The number of carboxylic acid groups (broad SMARTS) is 1. The van der Waals surface area contributed by atoms with Crippen molar-refractivity contribution in [1.29, 1.82) is 0 Å². The molecule has 0 unspecified atom stereocenters. The predicted molar refractivity (Wildman–Crippen MR) is 157 cm³/mol. The molecule has 1 amide bonds. The standard InChI is InChI=1S/C30H34FN5O6/c1-18(32-33-29(38)19-4-8-21(41-2)9-5-19)10-11-34-12-14-35(15-13-34)26-24(31)16-22-25(28(26)42-3)36(20-6-7-20)17-23(27(22)37)30(39)40/h4-5,8-9,16-17,20H,6-7,10-15H2,1-3H3,(H,33,38)(H,39,40)/b32-18-. The van der Waals surface area contributed by atoms with Crippen LogP contribution in [0.2, 0.25) is 0 Å². The van der Waals surface area contributed by atoms with E-state index in [1.807, 2.05) is 11.8 Å². The van der Waals surface area contributed by atoms with Gasteiger partial charge in [-0.2, -0.15) is 5.10 Å². The summed E-state index contributed by atoms with van der Waals surface area (Å²) in [4.78, 5) is 41.2. The van der Waals surface area contributed by atoms with Gasteiger partial charge in [-0.1, -0.05) is 0 Å². The second-order valence-electron chi connectivity index (χ2n) is 10.5. The van der Waals surface area contributed by atoms with Crippen molar-refractivity contribution in [2.45, 2.75) is 32.2 Å². The van der Waals surface area contributed by atoms with E-state index in [0.717, 1.165) is 31.2 Å². The molecule has 222 valence electrons. The molecule has 1 aliphatic heterocycles. The Bertz CT molecular complexity index is 1590. The molecule has 12 heteroatoms. The van der Waals surface area contributed by atoms with Crippen LogP contribution in [0.4, 0.5) is 10.1 Å². The topological polar surface area (TPSA) is 126 Å². The minimum absolute atomic E-state index is 0.00683. The summed E-state index contributed by atoms with van der Waals surface area (Å²) >= 11 is 0. The van der Waals surface area contributed by atoms with Gasteiger partial charge in [0.1, 0.15) is 17.0 Å². The van der Waals surface area contributed by atoms with Crippen LogP contribution in [0.25, 0.3) is 10.9 Å². The van der Waals surface area contributed by atoms with Gasteiger partial charge in [0.2, 0.25) is 5.43 Å². The first-order valence-electron chi connectivity index (χ1n) is 13.8. The maximum absolute atomic E-state index is 15.6. The van der Waals surface area contributed by atoms with E-state index in [2.05, 4.69) is 15.4 Å². The van der Waals surface area contributed by atoms with Crippen molar-refractivity contribution in [2.75, 3.05) is 51.8 Å². The maximum atomic E-state index is 15.6. The number of piperazine rings is 1. The van der Waals surface area contributed by atoms with Crippen molar-refractivity contribution in [1.82, 2.24) is 14.9 Å². The lowest BCUT2D eigenvalue weighted by Crippen LogP contribution is -2.47. The number of aromatic nitrogens is 1. The highest BCUT2D eigenvalue weighted by atomic mass is 19.1. The molecule has 1 saturated carbocycles. The number of hydrazone groups is 1. The molecule has 1 aromatic heterocycles. The summed E-state index contributed by atoms with van der Waals surface area (Å²) in [6.45, 7) is 4.97. The van der Waals surface area contributed by atoms with Crippen LogP contribution in [0.15, 0.2) is 46.4 Å². The number of methoxy groups -OCH3 is 2. The number of carboxylic acids is 1. The molecule has 0 atom stereocenters. The highest BCUT2D eigenvalue weighted by Crippen LogP contribution is 2.43. The molecule has 2 aliphatic rings. The number of amides is 1. The predicted octanol–water partition coefficient (Wildman–Crippen LogP) is 3.51. The average molecular weight is 580 g/mol. The van der Waals surface area contributed by atoms with Gasteiger partial charge in [0.25, 0.3) is 5.91 Å². The van der Waals surface area contributed by atoms with Crippen LogP contribution in [0.3, 0.4) is 0 Å². The van der Waals surface area contributed by atoms with Crippen molar-refractivity contribution in [3.05, 3.63) is 63.7 Å². The quantitative estimate of drug-likeness (QED) is 0.276. The van der Waals surface area contributed by atoms with Crippen LogP contribution < -0.4 is 25.2 Å². The lowest BCUT2D eigenvalue weighted by Gasteiger charge is -2.37. The molecule has 3 aromatic rings. The molecule has 0 spiro atoms. The number of anilines is 1. The van der Waals surface area contributed by atoms with E-state index >= 15 is 4.39 Å². The van der Waals surface area contributed by atoms with E-state index < -0.39 is 17.2 Å². The molecular formula is C30H34FN5O6. The van der Waals surface area contributed by atoms with Gasteiger partial charge >= 0.3 is 5.97 Å². The first kappa shape index (κ1) is 29.1. The lowest BCUT2D eigenvalue weighted by molar-refractivity contribution is 0.0694. The Balaban J connectivity index is 1.25. The third-order valence-corrected chi connectivity index (χ3v) is 7.75. The van der Waals surface area contributed by atoms with Gasteiger partial charge in [0.15, 0.2) is 11.6 Å². The molecule has 1 aliphatic carbocycles. The number of nitrogens with zero attached hydrogens (tertiary/aromatic N) is 4. The molecular weight excluding hydrogens is 545 g/mol. The number of pyridine rings is 1. The van der Waals surface area contributed by atoms with Gasteiger partial charge < -0.3 is 24.0 Å². The van der Waals surface area contributed by atoms with E-state index in [9.17, 15) is 19.5 Å². The first-order valence-corrected chi connectivity index (χ1v) is 13.8. The molecule has 5 rings (SSSR count). The summed E-state index contributed by atoms with van der Waals surface area (Å²) in [6.07, 6.45) is 3.70. The van der Waals surface area contributed by atoms with Crippen LogP contribution in [0, 0.1) is 5.82 Å². The van der Waals surface area contributed by atoms with Gasteiger partial charge in [-0.15, -0.1) is 0 Å². The number of hydrogen-bond donors (Lipinski definition) is 2. The zero-order valence-corrected chi connectivity index (χ0v) is 23.9. The Morgan fingerprint density at radius 1 is 1.10 bits per heavy atom. The van der Waals surface area contributed by atoms with E-state index in [0.29, 0.717) is 49.4 Å². The Morgan fingerprint density at radius 3 is 2.38 bits per heavy atom. The number of aromatic carboxylic acids is 1. The number of hydrogen-bond acceptors (Lipinski definition) is 8. The maximum Gasteiger partial charge on any atom is 0.341 e. The van der Waals surface area contributed by atoms with Crippen molar-refractivity contribution in [2.24, 2.45) is 5.10 Å². The summed E-state index contributed by atoms with van der Waals surface area (Å²) < 4.78 is 28.2. The van der Waals surface area contributed by atoms with Gasteiger partial charge in [0, 0.05) is 56.2 Å². The van der Waals surface area contributed by atoms with Gasteiger partial charge in [-0.05, 0) is 56.5 Å². The molecule has 2 fully saturated rings. The summed E-state index contributed by atoms with van der Waals surface area (Å²) in [5, 5.41) is 13.8. The van der Waals surface area contributed by atoms with E-state index in [-0.39, 0.29) is 34.3 Å². The fraction of sp³-hybridized carbons (Fsp3) is 0.400. The van der Waals surface area contributed by atoms with Crippen molar-refractivity contribution in [3.8, 4) is 11.5 Å². The molecule has 11 nitrogen and oxygen atoms in total. The number of carbonyl (C=O) groups is 2. The third-order valence-electron chi connectivity index (χ3n) is 7.75. The molecule has 0 bridgehead atoms. The van der Waals surface area contributed by atoms with Crippen LogP contribution >= 0.6 is 0 Å². The number of rotatable bonds is 10. The highest BCUT2D eigenvalue weighted by Gasteiger charge is 2.32. The van der Waals surface area contributed by atoms with Crippen LogP contribution in [-0.2, 0) is 0 Å². The molecule has 0 radical (unpaired) electrons. The SMILES string of the molecule is COc1ccc(C(=O)N/N=C(/C)CCN2CCN(c3c(F)cc4c(=O)c(C(=O)O)cn(C5CC5)c4c3OC)CC2)cc1. The number of benzene rings is 2. The monoisotopic (exact) mass is 579 g/mol. The number of nitrogens with one attached hydrogen (secondary N) is 1. The van der Waals surface area contributed by atoms with Crippen molar-refractivity contribution < 1.29 is 28.6 Å². The summed E-state index contributed by atoms with van der Waals surface area (Å²) in [7, 11) is 3.00. The first-order chi connectivity index (χ1) is 20.2. The minimum atomic E-state index is -1.34. The molecule has 1 saturated heterocycles. The second-order valence-corrected chi connectivity index (χ2v) is 10.5. The van der Waals surface area contributed by atoms with Gasteiger partial charge in [0.05, 0.1) is 25.1 Å². The van der Waals surface area contributed by atoms with Gasteiger partial charge in [-0.25, -0.2) is 14.6 Å². The third kappa shape index (κ3) is 5.94. The largest absolute Gasteiger partial charge is 0.497 e. The Morgan fingerprint density at radius 2 is 1.79 bits per heavy atom. The normalized spacial score (nSPS) is 16.0. The van der Waals surface area contributed by atoms with Gasteiger partial charge in [-0.3, -0.25) is 14.5 Å². The number of halogens is 1. The Hall–Kier alpha value is -4.45. The van der Waals surface area contributed by atoms with Crippen molar-refractivity contribution in [3.63, 3.8) is 0 Å². The summed E-state index contributed by atoms with van der Waals surface area (Å²) in [6, 6.07) is 7.96. The zero-order valence-electron chi connectivity index (χ0n) is 23.9. The average Bonchev–Trinajstić information content (AvgIpc) is 3.84. The highest BCUT2D eigenvalue weighted by molar-refractivity contribution is 5.97. The fourth-order valence-electron chi connectivity index (χ4n) is 5.25. The Kier molecular flexibility index (Phi) is 8.44. The fourth-order valence-corrected chi connectivity index (χ4v) is 5.25. The van der Waals surface area contributed by atoms with E-state index in [1.54, 1.807) is 35.9 Å². The molecule has 2 heterocycles.